The van der Waals surface area contributed by atoms with Crippen LogP contribution in [0.3, 0.4) is 0 Å². The minimum Gasteiger partial charge on any atom is -0.326 e. The molecule has 1 aliphatic rings. The summed E-state index contributed by atoms with van der Waals surface area (Å²) in [6.07, 6.45) is 6.75. The molecule has 0 radical (unpaired) electrons. The monoisotopic (exact) mass is 159 g/mol. The quantitative estimate of drug-likeness (QED) is 0.667. The highest BCUT2D eigenvalue weighted by Crippen LogP contribution is 2.22. The zero-order valence-corrected chi connectivity index (χ0v) is 7.09. The molecule has 1 aliphatic carbocycles. The Bertz CT molecular complexity index is 313. The zero-order chi connectivity index (χ0) is 8.39. The highest BCUT2D eigenvalue weighted by atomic mass is 14.5. The SMILES string of the molecule is NCc1cccc2c1C=CCC2. The van der Waals surface area contributed by atoms with E-state index in [9.17, 15) is 0 Å². The Morgan fingerprint density at radius 2 is 2.25 bits per heavy atom. The molecule has 1 aromatic carbocycles. The first-order valence-electron chi connectivity index (χ1n) is 4.39. The van der Waals surface area contributed by atoms with Crippen molar-refractivity contribution in [3.63, 3.8) is 0 Å². The first-order chi connectivity index (χ1) is 5.92. The maximum atomic E-state index is 5.64. The minimum atomic E-state index is 0.646. The molecule has 0 unspecified atom stereocenters. The van der Waals surface area contributed by atoms with Crippen LogP contribution in [0.25, 0.3) is 6.08 Å². The lowest BCUT2D eigenvalue weighted by molar-refractivity contribution is 0.963. The van der Waals surface area contributed by atoms with Crippen LogP contribution in [0.1, 0.15) is 23.1 Å². The highest BCUT2D eigenvalue weighted by molar-refractivity contribution is 5.60. The predicted octanol–water partition coefficient (Wildman–Crippen LogP) is 2.10. The molecule has 62 valence electrons. The summed E-state index contributed by atoms with van der Waals surface area (Å²) in [5.41, 5.74) is 9.70. The van der Waals surface area contributed by atoms with Crippen LogP contribution in [-0.4, -0.2) is 0 Å². The molecule has 12 heavy (non-hydrogen) atoms. The minimum absolute atomic E-state index is 0.646. The Labute approximate surface area is 72.9 Å². The number of hydrogen-bond donors (Lipinski definition) is 1. The number of hydrogen-bond acceptors (Lipinski definition) is 1. The smallest absolute Gasteiger partial charge is 0.0184 e. The Morgan fingerprint density at radius 1 is 1.33 bits per heavy atom. The number of nitrogens with two attached hydrogens (primary N) is 1. The van der Waals surface area contributed by atoms with Gasteiger partial charge in [0.1, 0.15) is 0 Å². The van der Waals surface area contributed by atoms with Crippen molar-refractivity contribution in [2.24, 2.45) is 5.73 Å². The van der Waals surface area contributed by atoms with E-state index in [2.05, 4.69) is 30.4 Å². The van der Waals surface area contributed by atoms with Crippen LogP contribution in [-0.2, 0) is 13.0 Å². The lowest BCUT2D eigenvalue weighted by Gasteiger charge is -2.13. The van der Waals surface area contributed by atoms with Crippen LogP contribution in [0.2, 0.25) is 0 Å². The van der Waals surface area contributed by atoms with Gasteiger partial charge in [-0.3, -0.25) is 0 Å². The van der Waals surface area contributed by atoms with E-state index in [0.717, 1.165) is 0 Å². The van der Waals surface area contributed by atoms with Gasteiger partial charge in [-0.25, -0.2) is 0 Å². The third kappa shape index (κ3) is 1.16. The van der Waals surface area contributed by atoms with Crippen LogP contribution in [0.4, 0.5) is 0 Å². The number of fused-ring (bicyclic) bond motifs is 1. The molecular formula is C11H13N. The molecule has 0 aromatic heterocycles. The average Bonchev–Trinajstić information content (AvgIpc) is 2.17. The molecule has 2 N–H and O–H groups in total. The first kappa shape index (κ1) is 7.56. The van der Waals surface area contributed by atoms with Crippen LogP contribution in [0.15, 0.2) is 24.3 Å². The van der Waals surface area contributed by atoms with Crippen molar-refractivity contribution in [2.45, 2.75) is 19.4 Å². The number of rotatable bonds is 1. The van der Waals surface area contributed by atoms with E-state index in [0.29, 0.717) is 6.54 Å². The van der Waals surface area contributed by atoms with Gasteiger partial charge in [0.05, 0.1) is 0 Å². The van der Waals surface area contributed by atoms with E-state index in [1.54, 1.807) is 0 Å². The molecule has 0 bridgehead atoms. The summed E-state index contributed by atoms with van der Waals surface area (Å²) in [7, 11) is 0. The van der Waals surface area contributed by atoms with Crippen molar-refractivity contribution in [3.8, 4) is 0 Å². The molecule has 1 nitrogen and oxygen atoms in total. The highest BCUT2D eigenvalue weighted by Gasteiger charge is 2.06. The van der Waals surface area contributed by atoms with Crippen molar-refractivity contribution < 1.29 is 0 Å². The fourth-order valence-corrected chi connectivity index (χ4v) is 1.72. The molecule has 0 saturated heterocycles. The normalized spacial score (nSPS) is 14.4. The second kappa shape index (κ2) is 3.11. The molecule has 0 spiro atoms. The van der Waals surface area contributed by atoms with Crippen molar-refractivity contribution >= 4 is 6.08 Å². The molecule has 2 rings (SSSR count). The van der Waals surface area contributed by atoms with Gasteiger partial charge in [-0.2, -0.15) is 0 Å². The molecule has 1 heteroatoms. The van der Waals surface area contributed by atoms with Gasteiger partial charge in [0.15, 0.2) is 0 Å². The molecule has 1 aromatic rings. The first-order valence-corrected chi connectivity index (χ1v) is 4.39. The maximum absolute atomic E-state index is 5.64. The number of aryl methyl sites for hydroxylation is 1. The Morgan fingerprint density at radius 3 is 3.08 bits per heavy atom. The molecule has 0 atom stereocenters. The summed E-state index contributed by atoms with van der Waals surface area (Å²) in [6, 6.07) is 6.40. The van der Waals surface area contributed by atoms with Crippen molar-refractivity contribution in [1.82, 2.24) is 0 Å². The lowest BCUT2D eigenvalue weighted by Crippen LogP contribution is -2.03. The predicted molar refractivity (Wildman–Crippen MR) is 51.7 cm³/mol. The molecule has 0 saturated carbocycles. The Hall–Kier alpha value is -1.08. The number of benzene rings is 1. The second-order valence-electron chi connectivity index (χ2n) is 3.14. The van der Waals surface area contributed by atoms with Crippen molar-refractivity contribution in [1.29, 1.82) is 0 Å². The third-order valence-corrected chi connectivity index (χ3v) is 2.37. The summed E-state index contributed by atoms with van der Waals surface area (Å²) < 4.78 is 0. The van der Waals surface area contributed by atoms with E-state index in [1.807, 2.05) is 0 Å². The van der Waals surface area contributed by atoms with Gasteiger partial charge in [-0.05, 0) is 29.5 Å². The van der Waals surface area contributed by atoms with Gasteiger partial charge in [-0.15, -0.1) is 0 Å². The van der Waals surface area contributed by atoms with Gasteiger partial charge >= 0.3 is 0 Å². The molecular weight excluding hydrogens is 146 g/mol. The summed E-state index contributed by atoms with van der Waals surface area (Å²) in [5, 5.41) is 0. The van der Waals surface area contributed by atoms with Crippen LogP contribution < -0.4 is 5.73 Å². The van der Waals surface area contributed by atoms with E-state index in [4.69, 9.17) is 5.73 Å². The standard InChI is InChI=1S/C11H13N/c12-8-10-6-3-5-9-4-1-2-7-11(9)10/h2-3,5-7H,1,4,8,12H2. The lowest BCUT2D eigenvalue weighted by atomic mass is 9.93. The zero-order valence-electron chi connectivity index (χ0n) is 7.09. The Kier molecular flexibility index (Phi) is 1.96. The maximum Gasteiger partial charge on any atom is 0.0184 e. The van der Waals surface area contributed by atoms with E-state index >= 15 is 0 Å². The summed E-state index contributed by atoms with van der Waals surface area (Å²) in [6.45, 7) is 0.646. The molecule has 0 aliphatic heterocycles. The average molecular weight is 159 g/mol. The topological polar surface area (TPSA) is 26.0 Å². The molecule has 0 heterocycles. The van der Waals surface area contributed by atoms with Gasteiger partial charge < -0.3 is 5.73 Å². The van der Waals surface area contributed by atoms with Crippen molar-refractivity contribution in [2.75, 3.05) is 0 Å². The molecule has 0 amide bonds. The van der Waals surface area contributed by atoms with E-state index in [1.165, 1.54) is 29.5 Å². The van der Waals surface area contributed by atoms with Crippen LogP contribution >= 0.6 is 0 Å². The Balaban J connectivity index is 2.54. The van der Waals surface area contributed by atoms with E-state index < -0.39 is 0 Å². The van der Waals surface area contributed by atoms with Gasteiger partial charge in [0, 0.05) is 6.54 Å². The van der Waals surface area contributed by atoms with Gasteiger partial charge in [0.2, 0.25) is 0 Å². The van der Waals surface area contributed by atoms with Gasteiger partial charge in [-0.1, -0.05) is 30.4 Å². The summed E-state index contributed by atoms with van der Waals surface area (Å²) in [4.78, 5) is 0. The fourth-order valence-electron chi connectivity index (χ4n) is 1.72. The molecule has 0 fully saturated rings. The van der Waals surface area contributed by atoms with Gasteiger partial charge in [0.25, 0.3) is 0 Å². The largest absolute Gasteiger partial charge is 0.326 e. The third-order valence-electron chi connectivity index (χ3n) is 2.37. The van der Waals surface area contributed by atoms with Crippen LogP contribution in [0.5, 0.6) is 0 Å². The summed E-state index contributed by atoms with van der Waals surface area (Å²) in [5.74, 6) is 0. The number of allylic oxidation sites excluding steroid dienone is 1. The van der Waals surface area contributed by atoms with Crippen molar-refractivity contribution in [3.05, 3.63) is 41.0 Å². The fraction of sp³-hybridized carbons (Fsp3) is 0.273. The second-order valence-corrected chi connectivity index (χ2v) is 3.14. The van der Waals surface area contributed by atoms with E-state index in [-0.39, 0.29) is 0 Å². The summed E-state index contributed by atoms with van der Waals surface area (Å²) >= 11 is 0. The van der Waals surface area contributed by atoms with Crippen LogP contribution in [0, 0.1) is 0 Å².